The Morgan fingerprint density at radius 3 is 2.81 bits per heavy atom. The highest BCUT2D eigenvalue weighted by Crippen LogP contribution is 2.33. The van der Waals surface area contributed by atoms with E-state index in [2.05, 4.69) is 17.1 Å². The van der Waals surface area contributed by atoms with Crippen molar-refractivity contribution < 1.29 is 5.11 Å². The molecular formula is C13H26N2O. The van der Waals surface area contributed by atoms with Gasteiger partial charge in [0.15, 0.2) is 0 Å². The molecule has 3 nitrogen and oxygen atoms in total. The molecule has 1 aliphatic carbocycles. The Morgan fingerprint density at radius 1 is 1.31 bits per heavy atom. The summed E-state index contributed by atoms with van der Waals surface area (Å²) in [6, 6.07) is 1.52. The number of likely N-dealkylation sites (tertiary alicyclic amines) is 1. The summed E-state index contributed by atoms with van der Waals surface area (Å²) >= 11 is 0. The molecule has 1 aliphatic heterocycles. The van der Waals surface area contributed by atoms with Gasteiger partial charge in [0.05, 0.1) is 0 Å². The molecule has 0 aromatic rings. The summed E-state index contributed by atoms with van der Waals surface area (Å²) in [5.41, 5.74) is 0. The van der Waals surface area contributed by atoms with Crippen LogP contribution in [0.15, 0.2) is 0 Å². The van der Waals surface area contributed by atoms with Crippen molar-refractivity contribution in [3.05, 3.63) is 0 Å². The number of aliphatic hydroxyl groups excluding tert-OH is 1. The minimum atomic E-state index is 0.309. The third-order valence-corrected chi connectivity index (χ3v) is 4.26. The summed E-state index contributed by atoms with van der Waals surface area (Å²) in [4.78, 5) is 2.69. The molecule has 2 aliphatic rings. The summed E-state index contributed by atoms with van der Waals surface area (Å²) in [6.07, 6.45) is 6.35. The van der Waals surface area contributed by atoms with E-state index in [0.29, 0.717) is 12.6 Å². The van der Waals surface area contributed by atoms with Gasteiger partial charge >= 0.3 is 0 Å². The highest BCUT2D eigenvalue weighted by atomic mass is 16.3. The molecule has 0 aromatic carbocycles. The van der Waals surface area contributed by atoms with Gasteiger partial charge in [0.2, 0.25) is 0 Å². The molecule has 3 heteroatoms. The van der Waals surface area contributed by atoms with E-state index < -0.39 is 0 Å². The van der Waals surface area contributed by atoms with Gasteiger partial charge in [0.25, 0.3) is 0 Å². The molecule has 94 valence electrons. The van der Waals surface area contributed by atoms with Gasteiger partial charge in [-0.05, 0) is 51.1 Å². The van der Waals surface area contributed by atoms with Crippen molar-refractivity contribution in [1.29, 1.82) is 0 Å². The number of aliphatic hydroxyl groups is 1. The van der Waals surface area contributed by atoms with Crippen molar-refractivity contribution in [2.24, 2.45) is 5.92 Å². The van der Waals surface area contributed by atoms with Crippen LogP contribution in [0.25, 0.3) is 0 Å². The first-order chi connectivity index (χ1) is 7.81. The first-order valence-corrected chi connectivity index (χ1v) is 6.89. The van der Waals surface area contributed by atoms with Gasteiger partial charge in [0, 0.05) is 25.2 Å². The van der Waals surface area contributed by atoms with E-state index in [-0.39, 0.29) is 0 Å². The van der Waals surface area contributed by atoms with Crippen LogP contribution in [0.2, 0.25) is 0 Å². The summed E-state index contributed by atoms with van der Waals surface area (Å²) in [5.74, 6) is 0.913. The van der Waals surface area contributed by atoms with E-state index in [1.165, 1.54) is 38.8 Å². The Labute approximate surface area is 99.2 Å². The number of nitrogens with one attached hydrogen (secondary N) is 1. The Morgan fingerprint density at radius 2 is 2.19 bits per heavy atom. The van der Waals surface area contributed by atoms with E-state index in [0.717, 1.165) is 24.9 Å². The second-order valence-corrected chi connectivity index (χ2v) is 5.49. The lowest BCUT2D eigenvalue weighted by molar-refractivity contribution is 0.0441. The van der Waals surface area contributed by atoms with Gasteiger partial charge in [-0.1, -0.05) is 6.92 Å². The predicted molar refractivity (Wildman–Crippen MR) is 66.5 cm³/mol. The lowest BCUT2D eigenvalue weighted by Gasteiger charge is -2.46. The fourth-order valence-electron chi connectivity index (χ4n) is 3.05. The van der Waals surface area contributed by atoms with Crippen molar-refractivity contribution in [3.63, 3.8) is 0 Å². The van der Waals surface area contributed by atoms with Crippen LogP contribution in [0.3, 0.4) is 0 Å². The van der Waals surface area contributed by atoms with Crippen molar-refractivity contribution in [3.8, 4) is 0 Å². The number of hydrogen-bond acceptors (Lipinski definition) is 3. The van der Waals surface area contributed by atoms with Crippen LogP contribution in [0.4, 0.5) is 0 Å². The van der Waals surface area contributed by atoms with Gasteiger partial charge in [-0.2, -0.15) is 0 Å². The number of rotatable bonds is 5. The maximum atomic E-state index is 8.77. The maximum absolute atomic E-state index is 8.77. The average molecular weight is 226 g/mol. The number of hydrogen-bond donors (Lipinski definition) is 2. The van der Waals surface area contributed by atoms with Crippen LogP contribution in [-0.2, 0) is 0 Å². The maximum Gasteiger partial charge on any atom is 0.0443 e. The predicted octanol–water partition coefficient (Wildman–Crippen LogP) is 1.22. The highest BCUT2D eigenvalue weighted by Gasteiger charge is 2.34. The van der Waals surface area contributed by atoms with Gasteiger partial charge in [-0.15, -0.1) is 0 Å². The smallest absolute Gasteiger partial charge is 0.0443 e. The van der Waals surface area contributed by atoms with E-state index >= 15 is 0 Å². The highest BCUT2D eigenvalue weighted by molar-refractivity contribution is 4.90. The third-order valence-electron chi connectivity index (χ3n) is 4.26. The normalized spacial score (nSPS) is 36.0. The number of nitrogens with zero attached hydrogens (tertiary/aromatic N) is 1. The molecule has 0 aromatic heterocycles. The van der Waals surface area contributed by atoms with Gasteiger partial charge < -0.3 is 10.4 Å². The van der Waals surface area contributed by atoms with E-state index in [1.54, 1.807) is 0 Å². The monoisotopic (exact) mass is 226 g/mol. The third kappa shape index (κ3) is 2.96. The first-order valence-electron chi connectivity index (χ1n) is 6.89. The summed E-state index contributed by atoms with van der Waals surface area (Å²) < 4.78 is 0. The second kappa shape index (κ2) is 5.99. The van der Waals surface area contributed by atoms with Gasteiger partial charge in [0.1, 0.15) is 0 Å². The van der Waals surface area contributed by atoms with Crippen LogP contribution in [-0.4, -0.2) is 48.3 Å². The van der Waals surface area contributed by atoms with Crippen LogP contribution >= 0.6 is 0 Å². The number of piperidine rings is 1. The van der Waals surface area contributed by atoms with E-state index in [1.807, 2.05) is 0 Å². The largest absolute Gasteiger partial charge is 0.396 e. The van der Waals surface area contributed by atoms with Crippen LogP contribution in [0, 0.1) is 5.92 Å². The molecule has 0 radical (unpaired) electrons. The molecular weight excluding hydrogens is 200 g/mol. The summed E-state index contributed by atoms with van der Waals surface area (Å²) in [5, 5.41) is 12.3. The molecule has 1 saturated heterocycles. The molecule has 3 unspecified atom stereocenters. The molecule has 16 heavy (non-hydrogen) atoms. The molecule has 0 amide bonds. The zero-order chi connectivity index (χ0) is 11.4. The zero-order valence-corrected chi connectivity index (χ0v) is 10.5. The van der Waals surface area contributed by atoms with Crippen LogP contribution in [0.5, 0.6) is 0 Å². The van der Waals surface area contributed by atoms with Crippen molar-refractivity contribution in [2.75, 3.05) is 26.2 Å². The molecule has 1 saturated carbocycles. The molecule has 0 spiro atoms. The fourth-order valence-corrected chi connectivity index (χ4v) is 3.05. The van der Waals surface area contributed by atoms with Crippen LogP contribution < -0.4 is 5.32 Å². The SMILES string of the molecule is CC1CCC1N1CCCC(NCCCO)C1. The lowest BCUT2D eigenvalue weighted by atomic mass is 9.79. The quantitative estimate of drug-likeness (QED) is 0.692. The summed E-state index contributed by atoms with van der Waals surface area (Å²) in [6.45, 7) is 6.18. The molecule has 3 atom stereocenters. The molecule has 2 rings (SSSR count). The van der Waals surface area contributed by atoms with Crippen molar-refractivity contribution in [1.82, 2.24) is 10.2 Å². The molecule has 1 heterocycles. The standard InChI is InChI=1S/C13H26N2O/c1-11-5-6-13(11)15-8-2-4-12(10-15)14-7-3-9-16/h11-14,16H,2-10H2,1H3. The fraction of sp³-hybridized carbons (Fsp3) is 1.00. The lowest BCUT2D eigenvalue weighted by Crippen LogP contribution is -2.54. The minimum absolute atomic E-state index is 0.309. The van der Waals surface area contributed by atoms with E-state index in [4.69, 9.17) is 5.11 Å². The molecule has 2 N–H and O–H groups in total. The Hall–Kier alpha value is -0.120. The Bertz CT molecular complexity index is 210. The molecule has 0 bridgehead atoms. The Balaban J connectivity index is 1.71. The molecule has 2 fully saturated rings. The minimum Gasteiger partial charge on any atom is -0.396 e. The van der Waals surface area contributed by atoms with Crippen LogP contribution in [0.1, 0.15) is 39.0 Å². The van der Waals surface area contributed by atoms with Gasteiger partial charge in [-0.25, -0.2) is 0 Å². The Kier molecular flexibility index (Phi) is 4.62. The van der Waals surface area contributed by atoms with Gasteiger partial charge in [-0.3, -0.25) is 4.90 Å². The van der Waals surface area contributed by atoms with E-state index in [9.17, 15) is 0 Å². The second-order valence-electron chi connectivity index (χ2n) is 5.49. The van der Waals surface area contributed by atoms with Crippen molar-refractivity contribution >= 4 is 0 Å². The average Bonchev–Trinajstić information content (AvgIpc) is 2.28. The summed E-state index contributed by atoms with van der Waals surface area (Å²) in [7, 11) is 0. The first kappa shape index (κ1) is 12.3. The topological polar surface area (TPSA) is 35.5 Å². The zero-order valence-electron chi connectivity index (χ0n) is 10.5. The van der Waals surface area contributed by atoms with Crippen molar-refractivity contribution in [2.45, 2.75) is 51.1 Å².